The summed E-state index contributed by atoms with van der Waals surface area (Å²) < 4.78 is 37.7. The number of nitrogens with zero attached hydrogens (tertiary/aromatic N) is 1. The van der Waals surface area contributed by atoms with E-state index in [0.29, 0.717) is 11.1 Å². The molecule has 0 aliphatic heterocycles. The minimum absolute atomic E-state index is 0.00488. The Labute approximate surface area is 136 Å². The van der Waals surface area contributed by atoms with E-state index in [1.54, 1.807) is 0 Å². The van der Waals surface area contributed by atoms with Gasteiger partial charge in [0.25, 0.3) is 5.91 Å². The summed E-state index contributed by atoms with van der Waals surface area (Å²) in [6.07, 6.45) is -4.42. The zero-order chi connectivity index (χ0) is 17.6. The van der Waals surface area contributed by atoms with Crippen LogP contribution in [0.25, 0.3) is 0 Å². The van der Waals surface area contributed by atoms with Gasteiger partial charge in [-0.15, -0.1) is 0 Å². The molecule has 0 aliphatic rings. The van der Waals surface area contributed by atoms with Crippen molar-refractivity contribution in [3.05, 3.63) is 70.8 Å². The molecule has 0 aromatic heterocycles. The molecule has 120 valence electrons. The molecular formula is C18H11F3N2O. The van der Waals surface area contributed by atoms with E-state index in [9.17, 15) is 18.0 Å². The lowest BCUT2D eigenvalue weighted by Crippen LogP contribution is -2.23. The van der Waals surface area contributed by atoms with Gasteiger partial charge in [0, 0.05) is 11.1 Å². The highest BCUT2D eigenvalue weighted by atomic mass is 19.4. The molecular weight excluding hydrogens is 317 g/mol. The molecule has 2 aromatic rings. The second-order valence-electron chi connectivity index (χ2n) is 4.75. The quantitative estimate of drug-likeness (QED) is 0.860. The Hall–Kier alpha value is -3.25. The maximum absolute atomic E-state index is 12.6. The second kappa shape index (κ2) is 7.34. The van der Waals surface area contributed by atoms with Gasteiger partial charge < -0.3 is 5.32 Å². The Morgan fingerprint density at radius 2 is 1.79 bits per heavy atom. The molecule has 0 saturated heterocycles. The van der Waals surface area contributed by atoms with Crippen molar-refractivity contribution in [2.24, 2.45) is 0 Å². The van der Waals surface area contributed by atoms with Gasteiger partial charge >= 0.3 is 6.18 Å². The maximum Gasteiger partial charge on any atom is 0.416 e. The number of carbonyl (C=O) groups excluding carboxylic acids is 1. The number of carbonyl (C=O) groups is 1. The molecule has 0 aliphatic carbocycles. The first-order valence-corrected chi connectivity index (χ1v) is 6.84. The predicted molar refractivity (Wildman–Crippen MR) is 81.8 cm³/mol. The van der Waals surface area contributed by atoms with E-state index in [-0.39, 0.29) is 18.0 Å². The third-order valence-corrected chi connectivity index (χ3v) is 3.04. The van der Waals surface area contributed by atoms with Crippen LogP contribution >= 0.6 is 0 Å². The molecule has 2 aromatic carbocycles. The molecule has 0 fully saturated rings. The Morgan fingerprint density at radius 3 is 2.42 bits per heavy atom. The van der Waals surface area contributed by atoms with Gasteiger partial charge in [0.1, 0.15) is 0 Å². The van der Waals surface area contributed by atoms with Gasteiger partial charge in [-0.2, -0.15) is 18.4 Å². The van der Waals surface area contributed by atoms with E-state index in [1.807, 2.05) is 6.07 Å². The zero-order valence-electron chi connectivity index (χ0n) is 12.3. The van der Waals surface area contributed by atoms with E-state index < -0.39 is 11.7 Å². The summed E-state index contributed by atoms with van der Waals surface area (Å²) >= 11 is 0. The number of hydrogen-bond donors (Lipinski definition) is 1. The van der Waals surface area contributed by atoms with Crippen LogP contribution in [-0.4, -0.2) is 12.5 Å². The van der Waals surface area contributed by atoms with E-state index in [2.05, 4.69) is 17.2 Å². The first kappa shape index (κ1) is 17.1. The number of halogens is 3. The number of hydrogen-bond acceptors (Lipinski definition) is 2. The van der Waals surface area contributed by atoms with E-state index in [0.717, 1.165) is 12.1 Å². The number of amides is 1. The molecule has 0 bridgehead atoms. The van der Waals surface area contributed by atoms with Crippen molar-refractivity contribution in [2.75, 3.05) is 6.54 Å². The molecule has 0 spiro atoms. The van der Waals surface area contributed by atoms with Gasteiger partial charge in [0.05, 0.1) is 23.7 Å². The smallest absolute Gasteiger partial charge is 0.341 e. The first-order chi connectivity index (χ1) is 11.4. The monoisotopic (exact) mass is 328 g/mol. The van der Waals surface area contributed by atoms with Crippen molar-refractivity contribution in [3.63, 3.8) is 0 Å². The summed E-state index contributed by atoms with van der Waals surface area (Å²) in [5.41, 5.74) is 0.263. The van der Waals surface area contributed by atoms with Crippen LogP contribution in [0.2, 0.25) is 0 Å². The largest absolute Gasteiger partial charge is 0.416 e. The highest BCUT2D eigenvalue weighted by molar-refractivity contribution is 5.94. The first-order valence-electron chi connectivity index (χ1n) is 6.84. The van der Waals surface area contributed by atoms with Gasteiger partial charge in [-0.3, -0.25) is 4.79 Å². The summed E-state index contributed by atoms with van der Waals surface area (Å²) in [6.45, 7) is -0.00488. The molecule has 0 radical (unpaired) electrons. The molecule has 0 heterocycles. The highest BCUT2D eigenvalue weighted by Crippen LogP contribution is 2.29. The topological polar surface area (TPSA) is 52.9 Å². The van der Waals surface area contributed by atoms with E-state index in [1.165, 1.54) is 36.4 Å². The standard InChI is InChI=1S/C18H11F3N2O/c19-18(20,21)16-5-1-3-13(11-16)4-2-10-23-17(24)15-8-6-14(12-22)7-9-15/h1,3,5-9,11H,10H2,(H,23,24). The predicted octanol–water partition coefficient (Wildman–Crippen LogP) is 3.36. The molecule has 6 heteroatoms. The Bertz CT molecular complexity index is 838. The van der Waals surface area contributed by atoms with Gasteiger partial charge in [-0.1, -0.05) is 17.9 Å². The molecule has 0 atom stereocenters. The third kappa shape index (κ3) is 4.62. The van der Waals surface area contributed by atoms with Gasteiger partial charge in [-0.25, -0.2) is 0 Å². The minimum atomic E-state index is -4.42. The lowest BCUT2D eigenvalue weighted by Gasteiger charge is -2.05. The lowest BCUT2D eigenvalue weighted by molar-refractivity contribution is -0.137. The van der Waals surface area contributed by atoms with Crippen LogP contribution in [0.5, 0.6) is 0 Å². The zero-order valence-corrected chi connectivity index (χ0v) is 12.3. The number of rotatable bonds is 2. The number of benzene rings is 2. The molecule has 0 saturated carbocycles. The van der Waals surface area contributed by atoms with Crippen molar-refractivity contribution in [2.45, 2.75) is 6.18 Å². The molecule has 0 unspecified atom stereocenters. The van der Waals surface area contributed by atoms with Crippen LogP contribution in [0.4, 0.5) is 13.2 Å². The second-order valence-corrected chi connectivity index (χ2v) is 4.75. The molecule has 1 amide bonds. The maximum atomic E-state index is 12.6. The van der Waals surface area contributed by atoms with Crippen molar-refractivity contribution in [3.8, 4) is 17.9 Å². The van der Waals surface area contributed by atoms with E-state index >= 15 is 0 Å². The summed E-state index contributed by atoms with van der Waals surface area (Å²) in [5.74, 6) is 4.80. The Morgan fingerprint density at radius 1 is 1.08 bits per heavy atom. The summed E-state index contributed by atoms with van der Waals surface area (Å²) in [4.78, 5) is 11.8. The van der Waals surface area contributed by atoms with Crippen LogP contribution in [0.3, 0.4) is 0 Å². The summed E-state index contributed by atoms with van der Waals surface area (Å²) in [5, 5.41) is 11.2. The van der Waals surface area contributed by atoms with Gasteiger partial charge in [-0.05, 0) is 42.5 Å². The van der Waals surface area contributed by atoms with Crippen molar-refractivity contribution in [1.82, 2.24) is 5.32 Å². The average Bonchev–Trinajstić information content (AvgIpc) is 2.58. The lowest BCUT2D eigenvalue weighted by atomic mass is 10.1. The fourth-order valence-electron chi connectivity index (χ4n) is 1.84. The SMILES string of the molecule is N#Cc1ccc(C(=O)NCC#Cc2cccc(C(F)(F)F)c2)cc1. The van der Waals surface area contributed by atoms with Crippen LogP contribution in [0.1, 0.15) is 27.0 Å². The van der Waals surface area contributed by atoms with Crippen LogP contribution < -0.4 is 5.32 Å². The highest BCUT2D eigenvalue weighted by Gasteiger charge is 2.30. The van der Waals surface area contributed by atoms with Gasteiger partial charge in [0.15, 0.2) is 0 Å². The molecule has 24 heavy (non-hydrogen) atoms. The normalized spacial score (nSPS) is 10.2. The Balaban J connectivity index is 1.96. The van der Waals surface area contributed by atoms with Crippen molar-refractivity contribution in [1.29, 1.82) is 5.26 Å². The summed E-state index contributed by atoms with van der Waals surface area (Å²) in [6, 6.07) is 12.7. The number of nitriles is 1. The fraction of sp³-hybridized carbons (Fsp3) is 0.111. The number of nitrogens with one attached hydrogen (secondary N) is 1. The average molecular weight is 328 g/mol. The van der Waals surface area contributed by atoms with E-state index in [4.69, 9.17) is 5.26 Å². The van der Waals surface area contributed by atoms with Gasteiger partial charge in [0.2, 0.25) is 0 Å². The van der Waals surface area contributed by atoms with Crippen LogP contribution in [0.15, 0.2) is 48.5 Å². The summed E-state index contributed by atoms with van der Waals surface area (Å²) in [7, 11) is 0. The van der Waals surface area contributed by atoms with Crippen molar-refractivity contribution < 1.29 is 18.0 Å². The molecule has 3 nitrogen and oxygen atoms in total. The van der Waals surface area contributed by atoms with Crippen LogP contribution in [0, 0.1) is 23.2 Å². The Kier molecular flexibility index (Phi) is 5.23. The van der Waals surface area contributed by atoms with Crippen LogP contribution in [-0.2, 0) is 6.18 Å². The number of alkyl halides is 3. The molecule has 1 N–H and O–H groups in total. The molecule has 2 rings (SSSR count). The van der Waals surface area contributed by atoms with Crippen molar-refractivity contribution >= 4 is 5.91 Å². The minimum Gasteiger partial charge on any atom is -0.341 e. The fourth-order valence-corrected chi connectivity index (χ4v) is 1.84. The third-order valence-electron chi connectivity index (χ3n) is 3.04.